The number of hydrogen-bond acceptors (Lipinski definition) is 7. The molecule has 7 nitrogen and oxygen atoms in total. The molecule has 0 amide bonds. The normalized spacial score (nSPS) is 12.7. The number of esters is 1. The van der Waals surface area contributed by atoms with E-state index in [-0.39, 0.29) is 18.2 Å². The molecule has 0 aliphatic carbocycles. The van der Waals surface area contributed by atoms with Crippen LogP contribution in [0.25, 0.3) is 10.2 Å². The minimum Gasteiger partial charge on any atom is -0.468 e. The van der Waals surface area contributed by atoms with Crippen molar-refractivity contribution in [1.82, 2.24) is 14.9 Å². The molecule has 26 heavy (non-hydrogen) atoms. The van der Waals surface area contributed by atoms with Crippen LogP contribution >= 0.6 is 11.3 Å². The van der Waals surface area contributed by atoms with E-state index in [1.807, 2.05) is 31.0 Å². The molecule has 1 N–H and O–H groups in total. The van der Waals surface area contributed by atoms with Crippen molar-refractivity contribution in [3.63, 3.8) is 0 Å². The first-order valence-electron chi connectivity index (χ1n) is 8.35. The molecule has 0 aliphatic heterocycles. The number of ether oxygens (including phenoxy) is 1. The molecule has 0 saturated carbocycles. The first kappa shape index (κ1) is 18.3. The molecule has 1 atom stereocenters. The van der Waals surface area contributed by atoms with Crippen LogP contribution in [-0.4, -0.2) is 34.5 Å². The number of H-pyrrole nitrogens is 1. The Labute approximate surface area is 154 Å². The lowest BCUT2D eigenvalue weighted by Gasteiger charge is -2.22. The highest BCUT2D eigenvalue weighted by atomic mass is 32.1. The molecule has 0 saturated heterocycles. The Morgan fingerprint density at radius 2 is 2.27 bits per heavy atom. The third kappa shape index (κ3) is 3.42. The number of rotatable bonds is 6. The van der Waals surface area contributed by atoms with Crippen LogP contribution in [0.15, 0.2) is 27.6 Å². The van der Waals surface area contributed by atoms with Gasteiger partial charge in [-0.3, -0.25) is 9.69 Å². The molecule has 0 aromatic carbocycles. The summed E-state index contributed by atoms with van der Waals surface area (Å²) >= 11 is 1.19. The molecule has 138 valence electrons. The van der Waals surface area contributed by atoms with Crippen LogP contribution in [0.1, 0.15) is 46.7 Å². The number of thiophene rings is 1. The van der Waals surface area contributed by atoms with Crippen molar-refractivity contribution in [3.05, 3.63) is 50.8 Å². The zero-order chi connectivity index (χ0) is 18.8. The Bertz CT molecular complexity index is 974. The molecular formula is C18H21N3O4S. The fourth-order valence-electron chi connectivity index (χ4n) is 2.74. The smallest absolute Gasteiger partial charge is 0.348 e. The summed E-state index contributed by atoms with van der Waals surface area (Å²) in [7, 11) is 1.93. The minimum atomic E-state index is -0.420. The molecule has 0 fully saturated rings. The number of nitrogens with zero attached hydrogens (tertiary/aromatic N) is 2. The van der Waals surface area contributed by atoms with Gasteiger partial charge in [0.15, 0.2) is 0 Å². The van der Waals surface area contributed by atoms with Crippen molar-refractivity contribution in [3.8, 4) is 0 Å². The van der Waals surface area contributed by atoms with Crippen LogP contribution in [0.3, 0.4) is 0 Å². The highest BCUT2D eigenvalue weighted by Gasteiger charge is 2.22. The number of fused-ring (bicyclic) bond motifs is 1. The number of carbonyl (C=O) groups is 1. The number of aryl methyl sites for hydroxylation is 1. The SMILES string of the molecule is CCOC(=O)c1sc2nc([C@H](C)N(C)Cc3ccco3)[nH]c(=O)c2c1C. The van der Waals surface area contributed by atoms with Crippen LogP contribution < -0.4 is 5.56 Å². The van der Waals surface area contributed by atoms with Gasteiger partial charge in [-0.05, 0) is 45.5 Å². The Kier molecular flexibility index (Phi) is 5.24. The van der Waals surface area contributed by atoms with Gasteiger partial charge in [0.1, 0.15) is 21.3 Å². The first-order valence-corrected chi connectivity index (χ1v) is 9.17. The maximum absolute atomic E-state index is 12.6. The van der Waals surface area contributed by atoms with E-state index in [0.29, 0.717) is 33.0 Å². The van der Waals surface area contributed by atoms with E-state index in [1.165, 1.54) is 11.3 Å². The van der Waals surface area contributed by atoms with Gasteiger partial charge in [-0.25, -0.2) is 9.78 Å². The zero-order valence-electron chi connectivity index (χ0n) is 15.2. The maximum atomic E-state index is 12.6. The fourth-order valence-corrected chi connectivity index (χ4v) is 3.83. The molecule has 0 bridgehead atoms. The van der Waals surface area contributed by atoms with Gasteiger partial charge in [0.05, 0.1) is 30.8 Å². The van der Waals surface area contributed by atoms with Crippen molar-refractivity contribution >= 4 is 27.5 Å². The molecule has 0 spiro atoms. The molecule has 0 unspecified atom stereocenters. The average molecular weight is 375 g/mol. The third-order valence-corrected chi connectivity index (χ3v) is 5.49. The van der Waals surface area contributed by atoms with E-state index in [9.17, 15) is 9.59 Å². The average Bonchev–Trinajstić information content (AvgIpc) is 3.22. The van der Waals surface area contributed by atoms with Gasteiger partial charge in [-0.15, -0.1) is 11.3 Å². The van der Waals surface area contributed by atoms with Crippen LogP contribution in [0.2, 0.25) is 0 Å². The maximum Gasteiger partial charge on any atom is 0.348 e. The van der Waals surface area contributed by atoms with Gasteiger partial charge in [0.25, 0.3) is 5.56 Å². The topological polar surface area (TPSA) is 88.4 Å². The quantitative estimate of drug-likeness (QED) is 0.665. The number of carbonyl (C=O) groups excluding carboxylic acids is 1. The van der Waals surface area contributed by atoms with E-state index < -0.39 is 5.97 Å². The van der Waals surface area contributed by atoms with E-state index >= 15 is 0 Å². The summed E-state index contributed by atoms with van der Waals surface area (Å²) in [5, 5.41) is 0.447. The second-order valence-electron chi connectivity index (χ2n) is 6.08. The Morgan fingerprint density at radius 1 is 1.50 bits per heavy atom. The molecule has 3 heterocycles. The molecular weight excluding hydrogens is 354 g/mol. The van der Waals surface area contributed by atoms with Gasteiger partial charge in [0, 0.05) is 0 Å². The molecule has 3 aromatic heterocycles. The number of aromatic nitrogens is 2. The summed E-state index contributed by atoms with van der Waals surface area (Å²) in [6, 6.07) is 3.60. The Balaban J connectivity index is 1.95. The second kappa shape index (κ2) is 7.43. The molecule has 3 aromatic rings. The Hall–Kier alpha value is -2.45. The predicted molar refractivity (Wildman–Crippen MR) is 99.5 cm³/mol. The molecule has 3 rings (SSSR count). The number of hydrogen-bond donors (Lipinski definition) is 1. The third-order valence-electron chi connectivity index (χ3n) is 4.32. The zero-order valence-corrected chi connectivity index (χ0v) is 16.0. The van der Waals surface area contributed by atoms with Crippen LogP contribution in [0, 0.1) is 6.92 Å². The lowest BCUT2D eigenvalue weighted by Crippen LogP contribution is -2.25. The van der Waals surface area contributed by atoms with Crippen molar-refractivity contribution in [2.75, 3.05) is 13.7 Å². The highest BCUT2D eigenvalue weighted by molar-refractivity contribution is 7.20. The summed E-state index contributed by atoms with van der Waals surface area (Å²) in [5.41, 5.74) is 0.368. The van der Waals surface area contributed by atoms with Crippen LogP contribution in [-0.2, 0) is 11.3 Å². The van der Waals surface area contributed by atoms with Gasteiger partial charge >= 0.3 is 5.97 Å². The van der Waals surface area contributed by atoms with Crippen molar-refractivity contribution in [2.24, 2.45) is 0 Å². The molecule has 0 aliphatic rings. The first-order chi connectivity index (χ1) is 12.4. The number of nitrogens with one attached hydrogen (secondary N) is 1. The van der Waals surface area contributed by atoms with E-state index in [4.69, 9.17) is 9.15 Å². The summed E-state index contributed by atoms with van der Waals surface area (Å²) in [5.74, 6) is 0.962. The van der Waals surface area contributed by atoms with Gasteiger partial charge in [-0.2, -0.15) is 0 Å². The van der Waals surface area contributed by atoms with Crippen molar-refractivity contribution < 1.29 is 13.9 Å². The molecule has 8 heteroatoms. The summed E-state index contributed by atoms with van der Waals surface area (Å²) < 4.78 is 10.4. The monoisotopic (exact) mass is 375 g/mol. The predicted octanol–water partition coefficient (Wildman–Crippen LogP) is 3.26. The summed E-state index contributed by atoms with van der Waals surface area (Å²) in [4.78, 5) is 35.1. The summed E-state index contributed by atoms with van der Waals surface area (Å²) in [6.45, 7) is 6.33. The second-order valence-corrected chi connectivity index (χ2v) is 7.08. The minimum absolute atomic E-state index is 0.134. The lowest BCUT2D eigenvalue weighted by atomic mass is 10.2. The van der Waals surface area contributed by atoms with E-state index in [0.717, 1.165) is 5.76 Å². The van der Waals surface area contributed by atoms with Gasteiger partial charge in [-0.1, -0.05) is 0 Å². The Morgan fingerprint density at radius 3 is 2.92 bits per heavy atom. The standard InChI is InChI=1S/C18H21N3O4S/c1-5-24-18(23)14-10(2)13-16(22)19-15(20-17(13)26-14)11(3)21(4)9-12-7-6-8-25-12/h6-8,11H,5,9H2,1-4H3,(H,19,20,22)/t11-/m0/s1. The molecule has 0 radical (unpaired) electrons. The van der Waals surface area contributed by atoms with E-state index in [1.54, 1.807) is 20.1 Å². The van der Waals surface area contributed by atoms with Crippen molar-refractivity contribution in [1.29, 1.82) is 0 Å². The van der Waals surface area contributed by atoms with Crippen LogP contribution in [0.4, 0.5) is 0 Å². The van der Waals surface area contributed by atoms with Gasteiger partial charge < -0.3 is 14.1 Å². The number of aromatic amines is 1. The van der Waals surface area contributed by atoms with E-state index in [2.05, 4.69) is 9.97 Å². The van der Waals surface area contributed by atoms with Crippen LogP contribution in [0.5, 0.6) is 0 Å². The largest absolute Gasteiger partial charge is 0.468 e. The highest BCUT2D eigenvalue weighted by Crippen LogP contribution is 2.29. The van der Waals surface area contributed by atoms with Gasteiger partial charge in [0.2, 0.25) is 0 Å². The van der Waals surface area contributed by atoms with Crippen molar-refractivity contribution in [2.45, 2.75) is 33.4 Å². The number of furan rings is 1. The fraction of sp³-hybridized carbons (Fsp3) is 0.389. The summed E-state index contributed by atoms with van der Waals surface area (Å²) in [6.07, 6.45) is 1.63. The lowest BCUT2D eigenvalue weighted by molar-refractivity contribution is 0.0531.